The maximum atomic E-state index is 8.36. The molecule has 8 nitrogen and oxygen atoms in total. The third kappa shape index (κ3) is 11.7. The van der Waals surface area contributed by atoms with Gasteiger partial charge >= 0.3 is 0 Å². The summed E-state index contributed by atoms with van der Waals surface area (Å²) < 4.78 is 4.21. The molecule has 0 atom stereocenters. The molecule has 0 aliphatic rings. The summed E-state index contributed by atoms with van der Waals surface area (Å²) >= 11 is 0. The number of aromatic nitrogens is 2. The van der Waals surface area contributed by atoms with Gasteiger partial charge in [-0.3, -0.25) is 0 Å². The number of nitrogens with zero attached hydrogens (tertiary/aromatic N) is 3. The Kier molecular flexibility index (Phi) is 7.02. The van der Waals surface area contributed by atoms with Gasteiger partial charge in [0.2, 0.25) is 0 Å². The van der Waals surface area contributed by atoms with Crippen molar-refractivity contribution in [2.24, 2.45) is 0 Å². The number of aryl methyl sites for hydroxylation is 1. The molecular formula is C3H8N4O4. The van der Waals surface area contributed by atoms with E-state index in [1.165, 1.54) is 0 Å². The zero-order valence-electron chi connectivity index (χ0n) is 5.80. The third-order valence-corrected chi connectivity index (χ3v) is 0.471. The lowest BCUT2D eigenvalue weighted by Crippen LogP contribution is -1.81. The van der Waals surface area contributed by atoms with Gasteiger partial charge in [0.05, 0.1) is 6.20 Å². The largest absolute Gasteiger partial charge is 0.344 e. The van der Waals surface area contributed by atoms with E-state index in [2.05, 4.69) is 14.9 Å². The van der Waals surface area contributed by atoms with E-state index in [1.807, 2.05) is 6.92 Å². The minimum absolute atomic E-state index is 0. The summed E-state index contributed by atoms with van der Waals surface area (Å²) in [5.74, 6) is 0. The van der Waals surface area contributed by atoms with Crippen LogP contribution in [0.25, 0.3) is 0 Å². The maximum absolute atomic E-state index is 8.36. The van der Waals surface area contributed by atoms with Crippen LogP contribution in [0.2, 0.25) is 0 Å². The van der Waals surface area contributed by atoms with Crippen LogP contribution in [-0.2, 0) is 0 Å². The summed E-state index contributed by atoms with van der Waals surface area (Å²) in [4.78, 5) is 8.36. The minimum Gasteiger partial charge on any atom is -0.344 e. The molecule has 0 saturated carbocycles. The molecule has 0 saturated heterocycles. The van der Waals surface area contributed by atoms with Crippen molar-refractivity contribution in [3.05, 3.63) is 22.0 Å². The molecule has 0 bridgehead atoms. The van der Waals surface area contributed by atoms with Crippen molar-refractivity contribution >= 4 is 0 Å². The van der Waals surface area contributed by atoms with Gasteiger partial charge in [0.25, 0.3) is 5.09 Å². The summed E-state index contributed by atoms with van der Waals surface area (Å²) in [5.41, 5.74) is 0.815. The first kappa shape index (κ1) is 12.0. The van der Waals surface area contributed by atoms with Gasteiger partial charge in [0.15, 0.2) is 0 Å². The summed E-state index contributed by atoms with van der Waals surface area (Å²) in [6.45, 7) is 1.82. The van der Waals surface area contributed by atoms with Crippen LogP contribution >= 0.6 is 0 Å². The highest BCUT2D eigenvalue weighted by molar-refractivity contribution is 4.81. The quantitative estimate of drug-likeness (QED) is 0.412. The standard InChI is InChI=1S/C3H4N2O.HNO3.H3N/c1-3-2-4-6-5-3;2-1(3)4;/h2H,1H3;(H,2,3,4);1H3. The monoisotopic (exact) mass is 164 g/mol. The van der Waals surface area contributed by atoms with Crippen LogP contribution in [0.1, 0.15) is 5.69 Å². The maximum Gasteiger partial charge on any atom is 0.291 e. The fourth-order valence-electron chi connectivity index (χ4n) is 0.211. The smallest absolute Gasteiger partial charge is 0.291 e. The van der Waals surface area contributed by atoms with Crippen LogP contribution in [0.5, 0.6) is 0 Å². The molecule has 4 N–H and O–H groups in total. The van der Waals surface area contributed by atoms with Gasteiger partial charge in [-0.1, -0.05) is 10.3 Å². The molecule has 0 spiro atoms. The molecule has 0 aliphatic carbocycles. The zero-order chi connectivity index (χ0) is 7.98. The minimum atomic E-state index is -1.50. The van der Waals surface area contributed by atoms with E-state index in [0.29, 0.717) is 0 Å². The highest BCUT2D eigenvalue weighted by Crippen LogP contribution is 1.81. The fraction of sp³-hybridized carbons (Fsp3) is 0.333. The molecule has 0 radical (unpaired) electrons. The molecule has 1 aromatic heterocycles. The van der Waals surface area contributed by atoms with E-state index in [9.17, 15) is 0 Å². The van der Waals surface area contributed by atoms with Crippen molar-refractivity contribution in [3.8, 4) is 0 Å². The van der Waals surface area contributed by atoms with Crippen molar-refractivity contribution < 1.29 is 14.9 Å². The number of rotatable bonds is 0. The summed E-state index contributed by atoms with van der Waals surface area (Å²) in [7, 11) is 0. The van der Waals surface area contributed by atoms with Crippen molar-refractivity contribution in [1.29, 1.82) is 0 Å². The first-order valence-corrected chi connectivity index (χ1v) is 2.20. The van der Waals surface area contributed by atoms with Crippen molar-refractivity contribution in [2.45, 2.75) is 6.92 Å². The van der Waals surface area contributed by atoms with E-state index in [0.717, 1.165) is 5.69 Å². The van der Waals surface area contributed by atoms with E-state index in [1.54, 1.807) is 6.20 Å². The van der Waals surface area contributed by atoms with E-state index in [-0.39, 0.29) is 6.15 Å². The van der Waals surface area contributed by atoms with Crippen LogP contribution in [0, 0.1) is 17.0 Å². The fourth-order valence-corrected chi connectivity index (χ4v) is 0.211. The van der Waals surface area contributed by atoms with Crippen LogP contribution < -0.4 is 6.15 Å². The Morgan fingerprint density at radius 2 is 2.27 bits per heavy atom. The van der Waals surface area contributed by atoms with Crippen LogP contribution in [0.15, 0.2) is 10.8 Å². The molecule has 64 valence electrons. The topological polar surface area (TPSA) is 137 Å². The predicted octanol–water partition coefficient (Wildman–Crippen LogP) is 0.192. The molecule has 0 aromatic carbocycles. The second-order valence-corrected chi connectivity index (χ2v) is 1.29. The highest BCUT2D eigenvalue weighted by Gasteiger charge is 1.79. The summed E-state index contributed by atoms with van der Waals surface area (Å²) in [6.07, 6.45) is 1.56. The van der Waals surface area contributed by atoms with E-state index >= 15 is 0 Å². The molecular weight excluding hydrogens is 156 g/mol. The average Bonchev–Trinajstić information content (AvgIpc) is 2.15. The van der Waals surface area contributed by atoms with Crippen LogP contribution in [0.4, 0.5) is 0 Å². The average molecular weight is 164 g/mol. The zero-order valence-corrected chi connectivity index (χ0v) is 5.80. The number of hydrogen-bond donors (Lipinski definition) is 2. The van der Waals surface area contributed by atoms with Crippen molar-refractivity contribution in [1.82, 2.24) is 16.5 Å². The van der Waals surface area contributed by atoms with Crippen LogP contribution in [-0.4, -0.2) is 20.6 Å². The third-order valence-electron chi connectivity index (χ3n) is 0.471. The summed E-state index contributed by atoms with van der Waals surface area (Å²) in [6, 6.07) is 0. The Labute approximate surface area is 61.5 Å². The Balaban J connectivity index is 0. The van der Waals surface area contributed by atoms with Gasteiger partial charge in [-0.15, -0.1) is 10.1 Å². The Bertz CT molecular complexity index is 181. The van der Waals surface area contributed by atoms with Gasteiger partial charge < -0.3 is 11.4 Å². The highest BCUT2D eigenvalue weighted by atomic mass is 16.9. The molecule has 0 unspecified atom stereocenters. The second kappa shape index (κ2) is 6.42. The van der Waals surface area contributed by atoms with E-state index in [4.69, 9.17) is 15.3 Å². The summed E-state index contributed by atoms with van der Waals surface area (Å²) in [5, 5.41) is 20.4. The molecule has 0 amide bonds. The van der Waals surface area contributed by atoms with Gasteiger partial charge in [0.1, 0.15) is 5.69 Å². The molecule has 8 heteroatoms. The van der Waals surface area contributed by atoms with Crippen LogP contribution in [0.3, 0.4) is 0 Å². The molecule has 1 aromatic rings. The lowest BCUT2D eigenvalue weighted by Gasteiger charge is -1.58. The Morgan fingerprint density at radius 3 is 2.36 bits per heavy atom. The first-order valence-electron chi connectivity index (χ1n) is 2.20. The SMILES string of the molecule is Cc1cnon1.N.O=[N+]([O-])O. The molecule has 1 rings (SSSR count). The lowest BCUT2D eigenvalue weighted by atomic mass is 10.6. The van der Waals surface area contributed by atoms with Gasteiger partial charge in [-0.25, -0.2) is 4.63 Å². The molecule has 11 heavy (non-hydrogen) atoms. The Hall–Kier alpha value is -1.70. The predicted molar refractivity (Wildman–Crippen MR) is 32.8 cm³/mol. The number of hydrogen-bond acceptors (Lipinski definition) is 6. The molecule has 1 heterocycles. The molecule has 0 fully saturated rings. The Morgan fingerprint density at radius 1 is 1.82 bits per heavy atom. The second-order valence-electron chi connectivity index (χ2n) is 1.29. The van der Waals surface area contributed by atoms with E-state index < -0.39 is 5.09 Å². The van der Waals surface area contributed by atoms with Gasteiger partial charge in [-0.05, 0) is 6.92 Å². The van der Waals surface area contributed by atoms with Gasteiger partial charge in [-0.2, -0.15) is 0 Å². The normalized spacial score (nSPS) is 7.00. The molecule has 0 aliphatic heterocycles. The van der Waals surface area contributed by atoms with Gasteiger partial charge in [0, 0.05) is 0 Å². The lowest BCUT2D eigenvalue weighted by molar-refractivity contribution is -0.742. The van der Waals surface area contributed by atoms with Crippen molar-refractivity contribution in [3.63, 3.8) is 0 Å². The first-order chi connectivity index (χ1) is 4.63. The van der Waals surface area contributed by atoms with Crippen molar-refractivity contribution in [2.75, 3.05) is 0 Å².